The van der Waals surface area contributed by atoms with Crippen LogP contribution in [0.4, 0.5) is 13.2 Å². The zero-order valence-corrected chi connectivity index (χ0v) is 11.0. The van der Waals surface area contributed by atoms with E-state index in [-0.39, 0.29) is 12.2 Å². The van der Waals surface area contributed by atoms with Gasteiger partial charge in [0.15, 0.2) is 6.61 Å². The van der Waals surface area contributed by atoms with E-state index in [1.54, 1.807) is 19.2 Å². The average molecular weight is 291 g/mol. The van der Waals surface area contributed by atoms with Crippen LogP contribution in [0.3, 0.4) is 0 Å². The second kappa shape index (κ2) is 7.14. The summed E-state index contributed by atoms with van der Waals surface area (Å²) < 4.78 is 40.5. The molecule has 1 aromatic rings. The Morgan fingerprint density at radius 1 is 1.30 bits per heavy atom. The number of rotatable bonds is 7. The molecule has 0 aliphatic heterocycles. The fraction of sp³-hybridized carbons (Fsp3) is 0.462. The van der Waals surface area contributed by atoms with E-state index in [1.807, 2.05) is 4.90 Å². The average Bonchev–Trinajstić information content (AvgIpc) is 2.34. The van der Waals surface area contributed by atoms with Crippen molar-refractivity contribution in [1.82, 2.24) is 4.90 Å². The maximum atomic E-state index is 12.0. The van der Waals surface area contributed by atoms with Gasteiger partial charge in [-0.3, -0.25) is 4.79 Å². The van der Waals surface area contributed by atoms with Crippen molar-refractivity contribution in [1.29, 1.82) is 0 Å². The van der Waals surface area contributed by atoms with Gasteiger partial charge in [-0.1, -0.05) is 12.1 Å². The molecule has 0 spiro atoms. The van der Waals surface area contributed by atoms with Crippen LogP contribution in [0.2, 0.25) is 0 Å². The van der Waals surface area contributed by atoms with Crippen molar-refractivity contribution in [2.24, 2.45) is 0 Å². The lowest BCUT2D eigenvalue weighted by Gasteiger charge is -2.16. The monoisotopic (exact) mass is 291 g/mol. The van der Waals surface area contributed by atoms with Gasteiger partial charge in [-0.05, 0) is 24.7 Å². The lowest BCUT2D eigenvalue weighted by atomic mass is 10.2. The van der Waals surface area contributed by atoms with Crippen molar-refractivity contribution in [3.63, 3.8) is 0 Å². The van der Waals surface area contributed by atoms with Gasteiger partial charge in [0.1, 0.15) is 5.75 Å². The molecule has 112 valence electrons. The molecule has 4 nitrogen and oxygen atoms in total. The first-order valence-electron chi connectivity index (χ1n) is 5.95. The fourth-order valence-corrected chi connectivity index (χ4v) is 1.53. The van der Waals surface area contributed by atoms with E-state index in [2.05, 4.69) is 4.74 Å². The standard InChI is InChI=1S/C13H16F3NO3/c1-17(7-6-12(18)19)8-10-2-4-11(5-3-10)20-9-13(14,15)16/h2-5H,6-9H2,1H3,(H,18,19). The molecular formula is C13H16F3NO3. The Bertz CT molecular complexity index is 431. The number of aliphatic carboxylic acids is 1. The van der Waals surface area contributed by atoms with E-state index >= 15 is 0 Å². The number of carbonyl (C=O) groups is 1. The second-order valence-electron chi connectivity index (χ2n) is 4.43. The number of hydrogen-bond acceptors (Lipinski definition) is 3. The highest BCUT2D eigenvalue weighted by Crippen LogP contribution is 2.19. The zero-order chi connectivity index (χ0) is 15.2. The predicted octanol–water partition coefficient (Wildman–Crippen LogP) is 2.53. The summed E-state index contributed by atoms with van der Waals surface area (Å²) in [6, 6.07) is 6.24. The quantitative estimate of drug-likeness (QED) is 0.838. The Labute approximate surface area is 114 Å². The number of hydrogen-bond donors (Lipinski definition) is 1. The van der Waals surface area contributed by atoms with Crippen molar-refractivity contribution in [2.75, 3.05) is 20.2 Å². The summed E-state index contributed by atoms with van der Waals surface area (Å²) >= 11 is 0. The SMILES string of the molecule is CN(CCC(=O)O)Cc1ccc(OCC(F)(F)F)cc1. The molecule has 1 rings (SSSR count). The zero-order valence-electron chi connectivity index (χ0n) is 11.0. The largest absolute Gasteiger partial charge is 0.484 e. The summed E-state index contributed by atoms with van der Waals surface area (Å²) in [7, 11) is 1.77. The first-order chi connectivity index (χ1) is 9.26. The van der Waals surface area contributed by atoms with Gasteiger partial charge in [-0.25, -0.2) is 0 Å². The van der Waals surface area contributed by atoms with Gasteiger partial charge in [-0.15, -0.1) is 0 Å². The van der Waals surface area contributed by atoms with Crippen LogP contribution in [0, 0.1) is 0 Å². The Kier molecular flexibility index (Phi) is 5.82. The van der Waals surface area contributed by atoms with Gasteiger partial charge in [0.25, 0.3) is 0 Å². The highest BCUT2D eigenvalue weighted by atomic mass is 19.4. The molecule has 0 amide bonds. The minimum absolute atomic E-state index is 0.0449. The first-order valence-corrected chi connectivity index (χ1v) is 5.95. The Morgan fingerprint density at radius 2 is 1.90 bits per heavy atom. The summed E-state index contributed by atoms with van der Waals surface area (Å²) in [6.07, 6.45) is -4.31. The van der Waals surface area contributed by atoms with Crippen molar-refractivity contribution < 1.29 is 27.8 Å². The molecule has 0 radical (unpaired) electrons. The molecule has 0 heterocycles. The van der Waals surface area contributed by atoms with Gasteiger partial charge in [0.05, 0.1) is 6.42 Å². The molecule has 1 aromatic carbocycles. The van der Waals surface area contributed by atoms with E-state index in [1.165, 1.54) is 12.1 Å². The molecule has 0 saturated heterocycles. The molecule has 0 fully saturated rings. The van der Waals surface area contributed by atoms with Crippen LogP contribution >= 0.6 is 0 Å². The third-order valence-corrected chi connectivity index (χ3v) is 2.49. The van der Waals surface area contributed by atoms with Gasteiger partial charge in [0.2, 0.25) is 0 Å². The second-order valence-corrected chi connectivity index (χ2v) is 4.43. The Balaban J connectivity index is 2.44. The molecule has 7 heteroatoms. The normalized spacial score (nSPS) is 11.7. The number of carboxylic acids is 1. The summed E-state index contributed by atoms with van der Waals surface area (Å²) in [6.45, 7) is -0.390. The van der Waals surface area contributed by atoms with Crippen LogP contribution in [-0.2, 0) is 11.3 Å². The highest BCUT2D eigenvalue weighted by molar-refractivity contribution is 5.66. The van der Waals surface area contributed by atoms with E-state index < -0.39 is 18.8 Å². The maximum absolute atomic E-state index is 12.0. The summed E-state index contributed by atoms with van der Waals surface area (Å²) in [4.78, 5) is 12.2. The molecular weight excluding hydrogens is 275 g/mol. The summed E-state index contributed by atoms with van der Waals surface area (Å²) in [5.74, 6) is -0.716. The van der Waals surface area contributed by atoms with Gasteiger partial charge in [0, 0.05) is 13.1 Å². The molecule has 0 unspecified atom stereocenters. The molecule has 0 saturated carbocycles. The number of benzene rings is 1. The fourth-order valence-electron chi connectivity index (χ4n) is 1.53. The minimum atomic E-state index is -4.35. The van der Waals surface area contributed by atoms with Gasteiger partial charge in [-0.2, -0.15) is 13.2 Å². The van der Waals surface area contributed by atoms with Crippen LogP contribution in [0.15, 0.2) is 24.3 Å². The topological polar surface area (TPSA) is 49.8 Å². The van der Waals surface area contributed by atoms with Crippen LogP contribution in [0.25, 0.3) is 0 Å². The van der Waals surface area contributed by atoms with E-state index in [0.29, 0.717) is 13.1 Å². The molecule has 20 heavy (non-hydrogen) atoms. The van der Waals surface area contributed by atoms with Crippen molar-refractivity contribution >= 4 is 5.97 Å². The molecule has 1 N–H and O–H groups in total. The first kappa shape index (κ1) is 16.3. The molecule has 0 bridgehead atoms. The Morgan fingerprint density at radius 3 is 2.40 bits per heavy atom. The van der Waals surface area contributed by atoms with Crippen LogP contribution in [0.1, 0.15) is 12.0 Å². The molecule has 0 aliphatic carbocycles. The predicted molar refractivity (Wildman–Crippen MR) is 66.6 cm³/mol. The van der Waals surface area contributed by atoms with Gasteiger partial charge >= 0.3 is 12.1 Å². The van der Waals surface area contributed by atoms with E-state index in [4.69, 9.17) is 5.11 Å². The Hall–Kier alpha value is -1.76. The van der Waals surface area contributed by atoms with Crippen molar-refractivity contribution in [3.05, 3.63) is 29.8 Å². The summed E-state index contributed by atoms with van der Waals surface area (Å²) in [5, 5.41) is 8.55. The third-order valence-electron chi connectivity index (χ3n) is 2.49. The van der Waals surface area contributed by atoms with Crippen molar-refractivity contribution in [3.8, 4) is 5.75 Å². The van der Waals surface area contributed by atoms with Crippen molar-refractivity contribution in [2.45, 2.75) is 19.1 Å². The molecule has 0 aromatic heterocycles. The smallest absolute Gasteiger partial charge is 0.422 e. The minimum Gasteiger partial charge on any atom is -0.484 e. The molecule has 0 atom stereocenters. The number of carboxylic acid groups (broad SMARTS) is 1. The van der Waals surface area contributed by atoms with E-state index in [9.17, 15) is 18.0 Å². The number of halogens is 3. The van der Waals surface area contributed by atoms with Crippen LogP contribution in [-0.4, -0.2) is 42.4 Å². The number of alkyl halides is 3. The maximum Gasteiger partial charge on any atom is 0.422 e. The third kappa shape index (κ3) is 6.98. The summed E-state index contributed by atoms with van der Waals surface area (Å²) in [5.41, 5.74) is 0.872. The van der Waals surface area contributed by atoms with E-state index in [0.717, 1.165) is 5.56 Å². The number of nitrogens with zero attached hydrogens (tertiary/aromatic N) is 1. The van der Waals surface area contributed by atoms with Gasteiger partial charge < -0.3 is 14.7 Å². The van der Waals surface area contributed by atoms with Crippen LogP contribution < -0.4 is 4.74 Å². The number of ether oxygens (including phenoxy) is 1. The lowest BCUT2D eigenvalue weighted by molar-refractivity contribution is -0.153. The lowest BCUT2D eigenvalue weighted by Crippen LogP contribution is -2.21. The molecule has 0 aliphatic rings. The highest BCUT2D eigenvalue weighted by Gasteiger charge is 2.28. The van der Waals surface area contributed by atoms with Crippen LogP contribution in [0.5, 0.6) is 5.75 Å².